The molecule has 1 unspecified atom stereocenters. The number of hydrogen-bond donors (Lipinski definition) is 3. The number of anilines is 1. The lowest BCUT2D eigenvalue weighted by Crippen LogP contribution is -2.53. The van der Waals surface area contributed by atoms with E-state index >= 15 is 0 Å². The molecule has 1 fully saturated rings. The number of allylic oxidation sites excluding steroid dienone is 1. The summed E-state index contributed by atoms with van der Waals surface area (Å²) in [6.07, 6.45) is -0.436. The summed E-state index contributed by atoms with van der Waals surface area (Å²) in [5, 5.41) is 32.9. The number of phenolic OH excluding ortho intramolecular Hbond substituents is 2. The van der Waals surface area contributed by atoms with E-state index in [0.29, 0.717) is 37.4 Å². The number of aliphatic hydroxyl groups is 1. The van der Waals surface area contributed by atoms with Crippen LogP contribution < -0.4 is 23.8 Å². The van der Waals surface area contributed by atoms with Crippen molar-refractivity contribution in [3.63, 3.8) is 0 Å². The Morgan fingerprint density at radius 2 is 1.61 bits per heavy atom. The van der Waals surface area contributed by atoms with Gasteiger partial charge in [0, 0.05) is 62.5 Å². The lowest BCUT2D eigenvalue weighted by atomic mass is 9.69. The van der Waals surface area contributed by atoms with Crippen LogP contribution in [0.2, 0.25) is 5.02 Å². The van der Waals surface area contributed by atoms with Crippen LogP contribution in [0.25, 0.3) is 0 Å². The largest absolute Gasteiger partial charge is 0.507 e. The number of carbonyl (C=O) groups excluding carboxylic acids is 3. The molecule has 6 rings (SSSR count). The van der Waals surface area contributed by atoms with Gasteiger partial charge in [-0.1, -0.05) is 36.7 Å². The van der Waals surface area contributed by atoms with Gasteiger partial charge in [0.05, 0.1) is 27.0 Å². The monoisotopic (exact) mass is 692 g/mol. The van der Waals surface area contributed by atoms with Crippen LogP contribution >= 0.6 is 11.6 Å². The van der Waals surface area contributed by atoms with Crippen molar-refractivity contribution in [2.75, 3.05) is 52.4 Å². The molecule has 3 aromatic carbocycles. The van der Waals surface area contributed by atoms with E-state index in [4.69, 9.17) is 30.5 Å². The van der Waals surface area contributed by atoms with Gasteiger partial charge >= 0.3 is 0 Å². The van der Waals surface area contributed by atoms with Gasteiger partial charge in [-0.15, -0.1) is 0 Å². The van der Waals surface area contributed by atoms with Crippen LogP contribution in [0.3, 0.4) is 0 Å². The number of para-hydroxylation sites is 2. The van der Waals surface area contributed by atoms with Crippen molar-refractivity contribution in [1.82, 2.24) is 4.90 Å². The molecule has 49 heavy (non-hydrogen) atoms. The predicted molar refractivity (Wildman–Crippen MR) is 180 cm³/mol. The molecule has 3 aromatic rings. The number of amides is 1. The van der Waals surface area contributed by atoms with Crippen LogP contribution in [-0.4, -0.2) is 90.8 Å². The minimum atomic E-state index is -2.04. The Morgan fingerprint density at radius 1 is 0.939 bits per heavy atom. The van der Waals surface area contributed by atoms with Crippen LogP contribution in [0.4, 0.5) is 5.69 Å². The summed E-state index contributed by atoms with van der Waals surface area (Å²) in [6.45, 7) is 3.23. The third kappa shape index (κ3) is 5.53. The molecule has 1 aliphatic carbocycles. The Bertz CT molecular complexity index is 1870. The van der Waals surface area contributed by atoms with E-state index in [1.165, 1.54) is 39.5 Å². The third-order valence-electron chi connectivity index (χ3n) is 9.70. The van der Waals surface area contributed by atoms with E-state index in [-0.39, 0.29) is 69.4 Å². The number of aromatic hydroxyl groups is 2. The lowest BCUT2D eigenvalue weighted by Gasteiger charge is -2.39. The van der Waals surface area contributed by atoms with Crippen molar-refractivity contribution < 1.29 is 48.7 Å². The van der Waals surface area contributed by atoms with Gasteiger partial charge in [0.1, 0.15) is 27.8 Å². The Kier molecular flexibility index (Phi) is 9.02. The second-order valence-electron chi connectivity index (χ2n) is 12.3. The second kappa shape index (κ2) is 13.1. The molecule has 3 N–H and O–H groups in total. The molecule has 1 spiro atoms. The highest BCUT2D eigenvalue weighted by atomic mass is 35.5. The summed E-state index contributed by atoms with van der Waals surface area (Å²) in [4.78, 5) is 46.0. The topological polar surface area (TPSA) is 155 Å². The molecule has 1 amide bonds. The highest BCUT2D eigenvalue weighted by Crippen LogP contribution is 2.56. The predicted octanol–water partition coefficient (Wildman–Crippen LogP) is 5.03. The van der Waals surface area contributed by atoms with E-state index in [1.54, 1.807) is 30.0 Å². The molecule has 3 aliphatic rings. The van der Waals surface area contributed by atoms with Crippen LogP contribution in [0.1, 0.15) is 41.6 Å². The van der Waals surface area contributed by atoms with Gasteiger partial charge in [0.15, 0.2) is 28.8 Å². The smallest absolute Gasteiger partial charge is 0.231 e. The number of ether oxygens (including phenoxy) is 4. The van der Waals surface area contributed by atoms with E-state index in [0.717, 1.165) is 0 Å². The Morgan fingerprint density at radius 3 is 2.27 bits per heavy atom. The number of methoxy groups -OCH3 is 3. The average molecular weight is 693 g/mol. The zero-order valence-electron chi connectivity index (χ0n) is 27.5. The van der Waals surface area contributed by atoms with Crippen molar-refractivity contribution >= 4 is 34.8 Å². The van der Waals surface area contributed by atoms with E-state index < -0.39 is 34.8 Å². The van der Waals surface area contributed by atoms with Crippen molar-refractivity contribution in [1.29, 1.82) is 0 Å². The zero-order valence-corrected chi connectivity index (χ0v) is 28.2. The molecule has 2 heterocycles. The number of rotatable bonds is 8. The number of Topliss-reactive ketones (excluding diaryl/α,β-unsaturated/α-hetero) is 2. The fourth-order valence-corrected chi connectivity index (χ4v) is 7.33. The Hall–Kier alpha value is -5.10. The molecule has 3 atom stereocenters. The molecule has 0 aromatic heterocycles. The zero-order chi connectivity index (χ0) is 35.2. The minimum Gasteiger partial charge on any atom is -0.507 e. The van der Waals surface area contributed by atoms with Crippen molar-refractivity contribution in [3.05, 3.63) is 76.0 Å². The third-order valence-corrected chi connectivity index (χ3v) is 10.1. The molecule has 2 aliphatic heterocycles. The standard InChI is InChI=1S/C36H37ClN2O10/c1-19-15-25(42)30(34(44)36(19)35(45)31-27(47-3)18-28(48-4)32(37)33(31)49-36)21(20-9-10-24(41)26(16-20)46-2)17-29(43)39-13-11-38(12-14-39)22-7-5-6-8-23(22)40/h5-10,16,18-19,21,40-41,44H,11-15,17H2,1-4H3/t19-,21?,36+/m1/s1. The quantitative estimate of drug-likeness (QED) is 0.291. The summed E-state index contributed by atoms with van der Waals surface area (Å²) >= 11 is 6.60. The minimum absolute atomic E-state index is 0.0000579. The van der Waals surface area contributed by atoms with Gasteiger partial charge in [-0.05, 0) is 29.8 Å². The van der Waals surface area contributed by atoms with Crippen molar-refractivity contribution in [2.24, 2.45) is 5.92 Å². The normalized spacial score (nSPS) is 21.0. The Labute approximate surface area is 288 Å². The summed E-state index contributed by atoms with van der Waals surface area (Å²) in [5.41, 5.74) is -1.13. The van der Waals surface area contributed by atoms with Crippen LogP contribution in [0.5, 0.6) is 34.5 Å². The number of halogens is 1. The molecule has 0 bridgehead atoms. The molecule has 0 radical (unpaired) electrons. The average Bonchev–Trinajstić information content (AvgIpc) is 3.42. The number of ketones is 2. The first-order valence-electron chi connectivity index (χ1n) is 15.8. The SMILES string of the molecule is COc1cc(C(CC(=O)N2CCN(c3ccccc3O)CC2)C2=C(O)[C@@]3(Oc4c(Cl)c(OC)cc(OC)c4C3=O)[C@H](C)CC2=O)ccc1O. The first-order chi connectivity index (χ1) is 23.5. The van der Waals surface area contributed by atoms with E-state index in [2.05, 4.69) is 0 Å². The number of benzene rings is 3. The number of nitrogens with zero attached hydrogens (tertiary/aromatic N) is 2. The Balaban J connectivity index is 1.40. The van der Waals surface area contributed by atoms with Gasteiger partial charge in [-0.3, -0.25) is 14.4 Å². The summed E-state index contributed by atoms with van der Waals surface area (Å²) in [5.74, 6) is -3.57. The molecule has 1 saturated heterocycles. The molecule has 12 nitrogen and oxygen atoms in total. The molecular formula is C36H37ClN2O10. The van der Waals surface area contributed by atoms with Gasteiger partial charge < -0.3 is 44.1 Å². The highest BCUT2D eigenvalue weighted by molar-refractivity contribution is 6.35. The van der Waals surface area contributed by atoms with Crippen LogP contribution in [0, 0.1) is 5.92 Å². The number of aliphatic hydroxyl groups excluding tert-OH is 1. The van der Waals surface area contributed by atoms with Crippen LogP contribution in [0.15, 0.2) is 59.9 Å². The van der Waals surface area contributed by atoms with Crippen molar-refractivity contribution in [3.8, 4) is 34.5 Å². The first-order valence-corrected chi connectivity index (χ1v) is 16.2. The summed E-state index contributed by atoms with van der Waals surface area (Å²) < 4.78 is 22.5. The summed E-state index contributed by atoms with van der Waals surface area (Å²) in [7, 11) is 4.14. The number of hydrogen-bond acceptors (Lipinski definition) is 11. The molecular weight excluding hydrogens is 656 g/mol. The van der Waals surface area contributed by atoms with Gasteiger partial charge in [-0.2, -0.15) is 0 Å². The number of piperazine rings is 1. The van der Waals surface area contributed by atoms with E-state index in [1.807, 2.05) is 17.0 Å². The van der Waals surface area contributed by atoms with Gasteiger partial charge in [0.2, 0.25) is 17.3 Å². The first kappa shape index (κ1) is 33.8. The number of phenols is 2. The maximum absolute atomic E-state index is 14.4. The van der Waals surface area contributed by atoms with E-state index in [9.17, 15) is 29.7 Å². The maximum Gasteiger partial charge on any atom is 0.231 e. The number of fused-ring (bicyclic) bond motifs is 1. The lowest BCUT2D eigenvalue weighted by molar-refractivity contribution is -0.131. The van der Waals surface area contributed by atoms with Crippen LogP contribution in [-0.2, 0) is 9.59 Å². The fraction of sp³-hybridized carbons (Fsp3) is 0.361. The summed E-state index contributed by atoms with van der Waals surface area (Å²) in [6, 6.07) is 12.9. The van der Waals surface area contributed by atoms with Gasteiger partial charge in [-0.25, -0.2) is 0 Å². The van der Waals surface area contributed by atoms with Gasteiger partial charge in [0.25, 0.3) is 0 Å². The molecule has 13 heteroatoms. The number of carbonyl (C=O) groups is 3. The molecule has 0 saturated carbocycles. The highest BCUT2D eigenvalue weighted by Gasteiger charge is 2.61. The van der Waals surface area contributed by atoms with Crippen molar-refractivity contribution in [2.45, 2.75) is 31.3 Å². The fourth-order valence-electron chi connectivity index (χ4n) is 7.07. The molecule has 258 valence electrons. The second-order valence-corrected chi connectivity index (χ2v) is 12.7. The maximum atomic E-state index is 14.4.